The molecule has 1 unspecified atom stereocenters. The summed E-state index contributed by atoms with van der Waals surface area (Å²) in [5, 5.41) is 14.4. The van der Waals surface area contributed by atoms with Gasteiger partial charge in [0.25, 0.3) is 0 Å². The van der Waals surface area contributed by atoms with Crippen molar-refractivity contribution in [3.05, 3.63) is 130 Å². The summed E-state index contributed by atoms with van der Waals surface area (Å²) in [6, 6.07) is 27.0. The highest BCUT2D eigenvalue weighted by atomic mass is 32.2. The van der Waals surface area contributed by atoms with Crippen LogP contribution in [0.15, 0.2) is 128 Å². The number of thioether (sulfide) groups is 2. The van der Waals surface area contributed by atoms with Crippen molar-refractivity contribution in [2.75, 3.05) is 25.1 Å². The Hall–Kier alpha value is -4.44. The highest BCUT2D eigenvalue weighted by Crippen LogP contribution is 2.52. The Balaban J connectivity index is 1.23. The number of unbranched alkanes of at least 4 members (excludes halogenated alkanes) is 3. The van der Waals surface area contributed by atoms with E-state index in [2.05, 4.69) is 160 Å². The number of aromatic nitrogens is 2. The van der Waals surface area contributed by atoms with Crippen molar-refractivity contribution in [3.63, 3.8) is 0 Å². The van der Waals surface area contributed by atoms with Gasteiger partial charge in [0.2, 0.25) is 5.69 Å². The van der Waals surface area contributed by atoms with E-state index in [0.29, 0.717) is 0 Å². The number of ether oxygens (including phenoxy) is 1. The number of fused-ring (bicyclic) bond motifs is 6. The van der Waals surface area contributed by atoms with Crippen LogP contribution in [0, 0.1) is 0 Å². The van der Waals surface area contributed by atoms with E-state index in [1.165, 1.54) is 90.4 Å². The Morgan fingerprint density at radius 1 is 0.812 bits per heavy atom. The van der Waals surface area contributed by atoms with Crippen LogP contribution >= 0.6 is 34.9 Å². The molecule has 5 aromatic rings. The van der Waals surface area contributed by atoms with Gasteiger partial charge in [-0.15, -0.1) is 10.2 Å². The third-order valence-corrected chi connectivity index (χ3v) is 17.0. The van der Waals surface area contributed by atoms with Crippen LogP contribution in [0.2, 0.25) is 0 Å². The van der Waals surface area contributed by atoms with Crippen molar-refractivity contribution in [2.24, 2.45) is 0 Å². The average Bonchev–Trinajstić information content (AvgIpc) is 3.91. The SMILES string of the molecule is CCCCC(Sc1nnc(SC2=C(/C=C/C3=[N+](CCCC)c4ccc5ccccc5c4C3(C)C)CCC/C2=C\C=C2\N(CCCC)c3ccc4ccccc4c3C2(C)C)s1)C(=O)OC. The lowest BCUT2D eigenvalue weighted by atomic mass is 9.78. The van der Waals surface area contributed by atoms with Gasteiger partial charge in [0.05, 0.1) is 12.5 Å². The second-order valence-electron chi connectivity index (χ2n) is 18.5. The molecule has 334 valence electrons. The maximum atomic E-state index is 12.8. The maximum absolute atomic E-state index is 12.8. The molecule has 3 aliphatic rings. The fraction of sp³-hybridized carbons (Fsp3) is 0.418. The molecule has 0 saturated carbocycles. The largest absolute Gasteiger partial charge is 0.468 e. The molecule has 1 atom stereocenters. The molecule has 0 N–H and O–H groups in total. The second kappa shape index (κ2) is 20.0. The standard InChI is InChI=1S/C55H65N4O2S3/c1-9-12-26-45(51(60)61-8)62-52-56-57-53(64-52)63-50-39(29-33-46-54(4,5)48-41-24-17-15-20-37(41)27-31-43(48)58(46)35-13-10-2)22-19-23-40(50)30-34-47-55(6,7)49-42-25-18-16-21-38(42)28-32-44(49)59(47)36-14-11-3/h15-18,20-21,24-25,27-34,45H,9-14,19,22-23,26,35-36H2,1-8H3/q+1. The molecule has 2 aliphatic heterocycles. The van der Waals surface area contributed by atoms with Crippen LogP contribution in [0.3, 0.4) is 0 Å². The molecule has 3 heterocycles. The summed E-state index contributed by atoms with van der Waals surface area (Å²) in [5.41, 5.74) is 10.5. The number of anilines is 1. The van der Waals surface area contributed by atoms with E-state index in [9.17, 15) is 4.79 Å². The molecule has 6 nitrogen and oxygen atoms in total. The van der Waals surface area contributed by atoms with E-state index in [-0.39, 0.29) is 22.0 Å². The zero-order valence-electron chi connectivity index (χ0n) is 39.1. The summed E-state index contributed by atoms with van der Waals surface area (Å²) < 4.78 is 9.50. The van der Waals surface area contributed by atoms with E-state index in [1.54, 1.807) is 23.1 Å². The van der Waals surface area contributed by atoms with Crippen molar-refractivity contribution >= 4 is 79.5 Å². The number of rotatable bonds is 17. The summed E-state index contributed by atoms with van der Waals surface area (Å²) >= 11 is 4.82. The minimum absolute atomic E-state index is 0.180. The molecule has 0 spiro atoms. The van der Waals surface area contributed by atoms with Crippen molar-refractivity contribution < 1.29 is 14.1 Å². The van der Waals surface area contributed by atoms with Gasteiger partial charge in [0.1, 0.15) is 11.8 Å². The predicted molar refractivity (Wildman–Crippen MR) is 274 cm³/mol. The normalized spacial score (nSPS) is 18.6. The maximum Gasteiger partial charge on any atom is 0.319 e. The van der Waals surface area contributed by atoms with Gasteiger partial charge >= 0.3 is 5.97 Å². The average molecular weight is 910 g/mol. The Morgan fingerprint density at radius 3 is 2.22 bits per heavy atom. The molecule has 0 saturated heterocycles. The first-order chi connectivity index (χ1) is 31.0. The first kappa shape index (κ1) is 46.1. The fourth-order valence-corrected chi connectivity index (χ4v) is 13.7. The number of carbonyl (C=O) groups excluding carboxylic acids is 1. The monoisotopic (exact) mass is 909 g/mol. The first-order valence-corrected chi connectivity index (χ1v) is 26.1. The molecular weight excluding hydrogens is 845 g/mol. The number of methoxy groups -OCH3 is 1. The molecular formula is C55H65N4O2S3+. The molecule has 1 aromatic heterocycles. The van der Waals surface area contributed by atoms with Crippen molar-refractivity contribution in [1.29, 1.82) is 0 Å². The lowest BCUT2D eigenvalue weighted by Gasteiger charge is -2.27. The van der Waals surface area contributed by atoms with Gasteiger partial charge in [-0.3, -0.25) is 4.79 Å². The first-order valence-electron chi connectivity index (χ1n) is 23.6. The van der Waals surface area contributed by atoms with Crippen molar-refractivity contribution in [2.45, 2.75) is 137 Å². The van der Waals surface area contributed by atoms with E-state index < -0.39 is 0 Å². The summed E-state index contributed by atoms with van der Waals surface area (Å²) in [5.74, 6) is -0.197. The van der Waals surface area contributed by atoms with Crippen molar-refractivity contribution in [1.82, 2.24) is 10.2 Å². The Kier molecular flexibility index (Phi) is 14.4. The number of esters is 1. The van der Waals surface area contributed by atoms with Crippen LogP contribution in [0.25, 0.3) is 21.5 Å². The van der Waals surface area contributed by atoms with Crippen LogP contribution in [-0.4, -0.2) is 51.9 Å². The molecule has 0 bridgehead atoms. The van der Waals surface area contributed by atoms with Crippen LogP contribution in [0.1, 0.15) is 124 Å². The number of nitrogens with zero attached hydrogens (tertiary/aromatic N) is 4. The molecule has 64 heavy (non-hydrogen) atoms. The summed E-state index contributed by atoms with van der Waals surface area (Å²) in [6.07, 6.45) is 20.0. The Morgan fingerprint density at radius 2 is 1.50 bits per heavy atom. The minimum atomic E-state index is -0.291. The number of hydrogen-bond acceptors (Lipinski definition) is 8. The number of carbonyl (C=O) groups is 1. The number of hydrogen-bond donors (Lipinski definition) is 0. The minimum Gasteiger partial charge on any atom is -0.468 e. The van der Waals surface area contributed by atoms with Gasteiger partial charge in [-0.1, -0.05) is 162 Å². The zero-order valence-corrected chi connectivity index (χ0v) is 41.6. The third-order valence-electron chi connectivity index (χ3n) is 13.4. The van der Waals surface area contributed by atoms with Gasteiger partial charge in [-0.2, -0.15) is 4.58 Å². The second-order valence-corrected chi connectivity index (χ2v) is 22.2. The fourth-order valence-electron chi connectivity index (χ4n) is 10.1. The van der Waals surface area contributed by atoms with E-state index in [4.69, 9.17) is 9.84 Å². The van der Waals surface area contributed by atoms with E-state index in [1.807, 2.05) is 0 Å². The molecule has 0 fully saturated rings. The van der Waals surface area contributed by atoms with Crippen LogP contribution < -0.4 is 4.90 Å². The molecule has 1 aliphatic carbocycles. The highest BCUT2D eigenvalue weighted by molar-refractivity contribution is 8.06. The number of allylic oxidation sites excluding steroid dienone is 7. The Bertz CT molecular complexity index is 2700. The van der Waals surface area contributed by atoms with Gasteiger partial charge in [0.15, 0.2) is 14.4 Å². The topological polar surface area (TPSA) is 58.3 Å². The lowest BCUT2D eigenvalue weighted by molar-refractivity contribution is -0.438. The van der Waals surface area contributed by atoms with Gasteiger partial charge in [-0.05, 0) is 102 Å². The molecule has 9 heteroatoms. The molecule has 0 amide bonds. The van der Waals surface area contributed by atoms with Crippen LogP contribution in [0.5, 0.6) is 0 Å². The number of benzene rings is 4. The summed E-state index contributed by atoms with van der Waals surface area (Å²) in [6.45, 7) is 18.3. The van der Waals surface area contributed by atoms with E-state index >= 15 is 0 Å². The van der Waals surface area contributed by atoms with Gasteiger partial charge < -0.3 is 9.64 Å². The predicted octanol–water partition coefficient (Wildman–Crippen LogP) is 15.0. The molecule has 4 aromatic carbocycles. The molecule has 8 rings (SSSR count). The van der Waals surface area contributed by atoms with Crippen LogP contribution in [0.4, 0.5) is 11.4 Å². The third kappa shape index (κ3) is 9.06. The van der Waals surface area contributed by atoms with Crippen LogP contribution in [-0.2, 0) is 20.4 Å². The quantitative estimate of drug-likeness (QED) is 0.0523. The zero-order chi connectivity index (χ0) is 45.0. The van der Waals surface area contributed by atoms with E-state index in [0.717, 1.165) is 86.0 Å². The Labute approximate surface area is 394 Å². The van der Waals surface area contributed by atoms with Gasteiger partial charge in [-0.25, -0.2) is 0 Å². The van der Waals surface area contributed by atoms with Gasteiger partial charge in [0, 0.05) is 52.4 Å². The summed E-state index contributed by atoms with van der Waals surface area (Å²) in [4.78, 5) is 16.7. The smallest absolute Gasteiger partial charge is 0.319 e. The lowest BCUT2D eigenvalue weighted by Crippen LogP contribution is -2.28. The highest BCUT2D eigenvalue weighted by Gasteiger charge is 2.45. The summed E-state index contributed by atoms with van der Waals surface area (Å²) in [7, 11) is 1.47. The van der Waals surface area contributed by atoms with Crippen molar-refractivity contribution in [3.8, 4) is 0 Å². The molecule has 0 radical (unpaired) electrons.